The van der Waals surface area contributed by atoms with Gasteiger partial charge in [0, 0.05) is 11.5 Å². The zero-order valence-electron chi connectivity index (χ0n) is 29.1. The molecule has 0 bridgehead atoms. The fraction of sp³-hybridized carbons (Fsp3) is 0.444. The summed E-state index contributed by atoms with van der Waals surface area (Å²) < 4.78 is 32.7. The van der Waals surface area contributed by atoms with Gasteiger partial charge in [-0.1, -0.05) is 62.4 Å². The summed E-state index contributed by atoms with van der Waals surface area (Å²) in [5, 5.41) is 2.61. The number of H-pyrrole nitrogens is 1. The van der Waals surface area contributed by atoms with Crippen LogP contribution < -0.4 is 10.9 Å². The molecule has 2 N–H and O–H groups in total. The number of amides is 2. The Morgan fingerprint density at radius 1 is 0.961 bits per heavy atom. The molecule has 3 fully saturated rings. The highest BCUT2D eigenvalue weighted by atomic mass is 16.8. The van der Waals surface area contributed by atoms with Crippen molar-refractivity contribution in [2.75, 3.05) is 11.9 Å². The minimum atomic E-state index is -1.16. The number of aromatic nitrogens is 4. The van der Waals surface area contributed by atoms with Gasteiger partial charge in [0.05, 0.1) is 12.4 Å². The van der Waals surface area contributed by atoms with Crippen LogP contribution in [0.15, 0.2) is 71.8 Å². The van der Waals surface area contributed by atoms with Crippen LogP contribution in [0.5, 0.6) is 0 Å². The summed E-state index contributed by atoms with van der Waals surface area (Å²) in [5.41, 5.74) is -0.353. The number of anilines is 1. The molecule has 15 heteroatoms. The molecule has 2 aromatic heterocycles. The predicted octanol–water partition coefficient (Wildman–Crippen LogP) is 3.69. The number of carbonyl (C=O) groups is 3. The third-order valence-electron chi connectivity index (χ3n) is 9.16. The number of imidazole rings is 1. The largest absolute Gasteiger partial charge is 0.461 e. The van der Waals surface area contributed by atoms with Crippen LogP contribution in [0.2, 0.25) is 0 Å². The molecule has 3 saturated heterocycles. The Kier molecular flexibility index (Phi) is 8.78. The van der Waals surface area contributed by atoms with E-state index in [0.29, 0.717) is 11.1 Å². The van der Waals surface area contributed by atoms with Crippen LogP contribution in [0.3, 0.4) is 0 Å². The zero-order chi connectivity index (χ0) is 36.2. The Hall–Kier alpha value is -4.96. The van der Waals surface area contributed by atoms with Gasteiger partial charge in [0.15, 0.2) is 29.3 Å². The van der Waals surface area contributed by atoms with Crippen LogP contribution in [-0.2, 0) is 33.3 Å². The number of esters is 1. The number of carbonyl (C=O) groups excluding carboxylic acids is 3. The van der Waals surface area contributed by atoms with Gasteiger partial charge in [0.2, 0.25) is 11.9 Å². The van der Waals surface area contributed by atoms with Crippen molar-refractivity contribution < 1.29 is 38.1 Å². The molecule has 51 heavy (non-hydrogen) atoms. The molecule has 0 spiro atoms. The van der Waals surface area contributed by atoms with E-state index in [4.69, 9.17) is 23.7 Å². The number of nitrogens with zero attached hydrogens (tertiary/aromatic N) is 4. The van der Waals surface area contributed by atoms with E-state index in [9.17, 15) is 19.2 Å². The summed E-state index contributed by atoms with van der Waals surface area (Å²) in [6.45, 7) is 10.2. The second kappa shape index (κ2) is 13.0. The number of hydrogen-bond donors (Lipinski definition) is 2. The van der Waals surface area contributed by atoms with E-state index in [1.54, 1.807) is 75.3 Å². The summed E-state index contributed by atoms with van der Waals surface area (Å²) in [7, 11) is 0. The molecule has 2 amide bonds. The van der Waals surface area contributed by atoms with Gasteiger partial charge >= 0.3 is 5.97 Å². The van der Waals surface area contributed by atoms with Gasteiger partial charge in [-0.15, -0.1) is 0 Å². The molecule has 3 aliphatic heterocycles. The van der Waals surface area contributed by atoms with E-state index < -0.39 is 59.7 Å². The van der Waals surface area contributed by atoms with Crippen LogP contribution in [-0.4, -0.2) is 84.7 Å². The van der Waals surface area contributed by atoms with E-state index in [-0.39, 0.29) is 41.5 Å². The third-order valence-corrected chi connectivity index (χ3v) is 9.16. The first-order valence-corrected chi connectivity index (χ1v) is 16.8. The standard InChI is InChI=1S/C36H40N6O9/c1-19(2)29(43)39-34-38-28-23(30(44)40-34)37-18-41(28)32-27-25(50-36(5,6)51-27)22(48-32)17-47-33(46)26-24(20-13-9-7-10-14-20)42(35(3,4)49-26)31(45)21-15-11-8-12-16-21/h7-16,18-19,22,24-27,32H,17H2,1-6H3,(H2,38,39,40,43,44)/t22-,24+,25-,26-,27-,32-/m1/s1. The third kappa shape index (κ3) is 6.42. The Balaban J connectivity index is 1.15. The lowest BCUT2D eigenvalue weighted by atomic mass is 9.98. The number of ether oxygens (including phenoxy) is 5. The van der Waals surface area contributed by atoms with E-state index in [1.807, 2.05) is 36.4 Å². The van der Waals surface area contributed by atoms with Crippen molar-refractivity contribution in [1.29, 1.82) is 0 Å². The first kappa shape index (κ1) is 34.5. The van der Waals surface area contributed by atoms with Crippen LogP contribution >= 0.6 is 0 Å². The Morgan fingerprint density at radius 3 is 2.31 bits per heavy atom. The number of nitrogens with one attached hydrogen (secondary N) is 2. The number of benzene rings is 2. The molecule has 0 aliphatic carbocycles. The van der Waals surface area contributed by atoms with Gasteiger partial charge in [-0.3, -0.25) is 29.3 Å². The smallest absolute Gasteiger partial charge is 0.338 e. The van der Waals surface area contributed by atoms with Crippen LogP contribution in [0.4, 0.5) is 5.95 Å². The monoisotopic (exact) mass is 700 g/mol. The minimum absolute atomic E-state index is 0.0355. The van der Waals surface area contributed by atoms with Crippen LogP contribution in [0.1, 0.15) is 69.7 Å². The van der Waals surface area contributed by atoms with Gasteiger partial charge in [-0.2, -0.15) is 4.98 Å². The van der Waals surface area contributed by atoms with Crippen LogP contribution in [0, 0.1) is 5.92 Å². The number of fused-ring (bicyclic) bond motifs is 2. The van der Waals surface area contributed by atoms with Crippen molar-refractivity contribution in [2.45, 2.75) is 89.7 Å². The van der Waals surface area contributed by atoms with Crippen molar-refractivity contribution in [1.82, 2.24) is 24.4 Å². The highest BCUT2D eigenvalue weighted by Crippen LogP contribution is 2.45. The molecule has 2 aromatic carbocycles. The van der Waals surface area contributed by atoms with Gasteiger partial charge in [-0.05, 0) is 45.4 Å². The quantitative estimate of drug-likeness (QED) is 0.257. The molecule has 4 aromatic rings. The highest BCUT2D eigenvalue weighted by Gasteiger charge is 2.58. The van der Waals surface area contributed by atoms with E-state index >= 15 is 0 Å². The number of hydrogen-bond acceptors (Lipinski definition) is 11. The fourth-order valence-corrected chi connectivity index (χ4v) is 6.84. The molecule has 0 saturated carbocycles. The van der Waals surface area contributed by atoms with E-state index in [1.165, 1.54) is 6.33 Å². The molecule has 6 atom stereocenters. The maximum atomic E-state index is 14.0. The Labute approximate surface area is 293 Å². The van der Waals surface area contributed by atoms with Gasteiger partial charge in [0.1, 0.15) is 30.6 Å². The molecule has 0 unspecified atom stereocenters. The zero-order valence-corrected chi connectivity index (χ0v) is 29.1. The molecular weight excluding hydrogens is 660 g/mol. The van der Waals surface area contributed by atoms with Gasteiger partial charge in [0.25, 0.3) is 11.5 Å². The molecule has 5 heterocycles. The Bertz CT molecular complexity index is 2010. The van der Waals surface area contributed by atoms with Crippen molar-refractivity contribution in [2.24, 2.45) is 5.92 Å². The maximum absolute atomic E-state index is 14.0. The molecular formula is C36H40N6O9. The average molecular weight is 701 g/mol. The molecule has 7 rings (SSSR count). The molecule has 15 nitrogen and oxygen atoms in total. The first-order chi connectivity index (χ1) is 24.2. The molecule has 0 radical (unpaired) electrons. The minimum Gasteiger partial charge on any atom is -0.461 e. The molecule has 3 aliphatic rings. The predicted molar refractivity (Wildman–Crippen MR) is 181 cm³/mol. The second-order valence-corrected chi connectivity index (χ2v) is 14.0. The SMILES string of the molecule is CC(C)C(=O)Nc1nc2c(ncn2[C@@H]2O[C@H](COC(=O)[C@@H]3OC(C)(C)N(C(=O)c4ccccc4)[C@H]3c3ccccc3)[C@H]3OC(C)(C)O[C@H]32)c(=O)[nH]1. The second-order valence-electron chi connectivity index (χ2n) is 14.0. The first-order valence-electron chi connectivity index (χ1n) is 16.8. The normalized spacial score (nSPS) is 26.4. The lowest BCUT2D eigenvalue weighted by molar-refractivity contribution is -0.203. The van der Waals surface area contributed by atoms with Crippen molar-refractivity contribution >= 4 is 34.9 Å². The number of rotatable bonds is 8. The van der Waals surface area contributed by atoms with Crippen LogP contribution in [0.25, 0.3) is 11.2 Å². The average Bonchev–Trinajstić information content (AvgIpc) is 3.82. The van der Waals surface area contributed by atoms with Crippen molar-refractivity contribution in [3.63, 3.8) is 0 Å². The fourth-order valence-electron chi connectivity index (χ4n) is 6.84. The number of aromatic amines is 1. The molecule has 268 valence electrons. The lowest BCUT2D eigenvalue weighted by Gasteiger charge is -2.34. The summed E-state index contributed by atoms with van der Waals surface area (Å²) in [6.07, 6.45) is -2.83. The van der Waals surface area contributed by atoms with Crippen molar-refractivity contribution in [3.8, 4) is 0 Å². The lowest BCUT2D eigenvalue weighted by Crippen LogP contribution is -2.45. The van der Waals surface area contributed by atoms with E-state index in [0.717, 1.165) is 0 Å². The summed E-state index contributed by atoms with van der Waals surface area (Å²) >= 11 is 0. The summed E-state index contributed by atoms with van der Waals surface area (Å²) in [4.78, 5) is 66.0. The highest BCUT2D eigenvalue weighted by molar-refractivity contribution is 5.96. The summed E-state index contributed by atoms with van der Waals surface area (Å²) in [5.74, 6) is -2.69. The van der Waals surface area contributed by atoms with Gasteiger partial charge in [-0.25, -0.2) is 9.78 Å². The Morgan fingerprint density at radius 2 is 1.63 bits per heavy atom. The summed E-state index contributed by atoms with van der Waals surface area (Å²) in [6, 6.07) is 17.3. The van der Waals surface area contributed by atoms with Gasteiger partial charge < -0.3 is 28.6 Å². The van der Waals surface area contributed by atoms with Crippen molar-refractivity contribution in [3.05, 3.63) is 88.5 Å². The maximum Gasteiger partial charge on any atom is 0.338 e. The van der Waals surface area contributed by atoms with E-state index in [2.05, 4.69) is 20.3 Å². The topological polar surface area (TPSA) is 176 Å².